The van der Waals surface area contributed by atoms with Gasteiger partial charge in [-0.1, -0.05) is 71.9 Å². The molecule has 0 aliphatic carbocycles. The Kier molecular flexibility index (Phi) is 7.29. The molecule has 0 fully saturated rings. The van der Waals surface area contributed by atoms with Gasteiger partial charge in [-0.15, -0.1) is 0 Å². The van der Waals surface area contributed by atoms with E-state index in [9.17, 15) is 14.7 Å². The predicted molar refractivity (Wildman–Crippen MR) is 104 cm³/mol. The molecule has 3 nitrogen and oxygen atoms in total. The number of rotatable bonds is 7. The van der Waals surface area contributed by atoms with Crippen LogP contribution in [0.2, 0.25) is 5.02 Å². The van der Waals surface area contributed by atoms with Crippen LogP contribution in [0.1, 0.15) is 18.9 Å². The molecule has 0 saturated heterocycles. The van der Waals surface area contributed by atoms with Crippen molar-refractivity contribution in [3.05, 3.63) is 71.3 Å². The summed E-state index contributed by atoms with van der Waals surface area (Å²) in [6.07, 6.45) is 3.99. The van der Waals surface area contributed by atoms with Crippen molar-refractivity contribution in [1.82, 2.24) is 0 Å². The van der Waals surface area contributed by atoms with Crippen molar-refractivity contribution < 1.29 is 14.7 Å². The van der Waals surface area contributed by atoms with Gasteiger partial charge in [0.15, 0.2) is 0 Å². The van der Waals surface area contributed by atoms with Crippen LogP contribution >= 0.6 is 23.4 Å². The lowest BCUT2D eigenvalue weighted by Gasteiger charge is -2.10. The minimum absolute atomic E-state index is 0.232. The molecular formula is C20H19ClO3S. The van der Waals surface area contributed by atoms with E-state index in [2.05, 4.69) is 0 Å². The van der Waals surface area contributed by atoms with Gasteiger partial charge in [-0.2, -0.15) is 0 Å². The number of carboxylic acids is 1. The third-order valence-electron chi connectivity index (χ3n) is 3.67. The highest BCUT2D eigenvalue weighted by Gasteiger charge is 2.20. The Morgan fingerprint density at radius 3 is 2.44 bits per heavy atom. The van der Waals surface area contributed by atoms with E-state index in [1.54, 1.807) is 13.0 Å². The summed E-state index contributed by atoms with van der Waals surface area (Å²) in [6.45, 7) is 1.73. The van der Waals surface area contributed by atoms with E-state index in [4.69, 9.17) is 11.6 Å². The van der Waals surface area contributed by atoms with Gasteiger partial charge < -0.3 is 5.11 Å². The van der Waals surface area contributed by atoms with Gasteiger partial charge in [0.25, 0.3) is 0 Å². The molecule has 0 heterocycles. The molecule has 0 amide bonds. The van der Waals surface area contributed by atoms with Crippen LogP contribution < -0.4 is 0 Å². The standard InChI is InChI=1S/C20H19ClO3S/c1-2-5-19(22)25-18(20(23)24)13-10-14-8-11-15(12-9-14)16-6-3-4-7-17(16)21/h2-9,11-12,18H,10,13H2,1H3,(H,23,24)/b5-2+. The van der Waals surface area contributed by atoms with E-state index in [1.165, 1.54) is 6.08 Å². The molecule has 1 unspecified atom stereocenters. The fraction of sp³-hybridized carbons (Fsp3) is 0.200. The first-order valence-corrected chi connectivity index (χ1v) is 9.17. The smallest absolute Gasteiger partial charge is 0.317 e. The number of hydrogen-bond acceptors (Lipinski definition) is 3. The fourth-order valence-electron chi connectivity index (χ4n) is 2.39. The zero-order valence-corrected chi connectivity index (χ0v) is 15.4. The molecule has 0 spiro atoms. The SMILES string of the molecule is C/C=C/C(=O)SC(CCc1ccc(-c2ccccc2Cl)cc1)C(=O)O. The van der Waals surface area contributed by atoms with E-state index < -0.39 is 11.2 Å². The minimum Gasteiger partial charge on any atom is -0.480 e. The van der Waals surface area contributed by atoms with Gasteiger partial charge in [0.1, 0.15) is 5.25 Å². The highest BCUT2D eigenvalue weighted by Crippen LogP contribution is 2.28. The molecule has 130 valence electrons. The Morgan fingerprint density at radius 1 is 1.16 bits per heavy atom. The van der Waals surface area contributed by atoms with Crippen molar-refractivity contribution >= 4 is 34.4 Å². The maximum Gasteiger partial charge on any atom is 0.317 e. The van der Waals surface area contributed by atoms with Gasteiger partial charge in [-0.3, -0.25) is 9.59 Å². The average molecular weight is 375 g/mol. The average Bonchev–Trinajstić information content (AvgIpc) is 2.59. The van der Waals surface area contributed by atoms with Crippen molar-refractivity contribution in [3.63, 3.8) is 0 Å². The molecule has 2 rings (SSSR count). The van der Waals surface area contributed by atoms with Crippen LogP contribution in [-0.2, 0) is 16.0 Å². The third kappa shape index (κ3) is 5.76. The summed E-state index contributed by atoms with van der Waals surface area (Å²) in [5.74, 6) is -0.962. The summed E-state index contributed by atoms with van der Waals surface area (Å²) in [4.78, 5) is 22.9. The molecule has 1 atom stereocenters. The van der Waals surface area contributed by atoms with E-state index in [1.807, 2.05) is 48.5 Å². The molecule has 5 heteroatoms. The number of hydrogen-bond donors (Lipinski definition) is 1. The lowest BCUT2D eigenvalue weighted by Crippen LogP contribution is -2.19. The molecular weight excluding hydrogens is 356 g/mol. The highest BCUT2D eigenvalue weighted by atomic mass is 35.5. The van der Waals surface area contributed by atoms with Crippen molar-refractivity contribution in [3.8, 4) is 11.1 Å². The van der Waals surface area contributed by atoms with Gasteiger partial charge in [-0.25, -0.2) is 0 Å². The van der Waals surface area contributed by atoms with Gasteiger partial charge in [0, 0.05) is 10.6 Å². The molecule has 0 aromatic heterocycles. The van der Waals surface area contributed by atoms with Crippen LogP contribution in [0.5, 0.6) is 0 Å². The zero-order chi connectivity index (χ0) is 18.2. The van der Waals surface area contributed by atoms with Crippen LogP contribution in [0.25, 0.3) is 11.1 Å². The lowest BCUT2D eigenvalue weighted by molar-refractivity contribution is -0.136. The van der Waals surface area contributed by atoms with E-state index >= 15 is 0 Å². The van der Waals surface area contributed by atoms with E-state index in [-0.39, 0.29) is 5.12 Å². The molecule has 0 aliphatic heterocycles. The number of aryl methyl sites for hydroxylation is 1. The Morgan fingerprint density at radius 2 is 1.84 bits per heavy atom. The highest BCUT2D eigenvalue weighted by molar-refractivity contribution is 8.15. The number of carboxylic acid groups (broad SMARTS) is 1. The monoisotopic (exact) mass is 374 g/mol. The summed E-state index contributed by atoms with van der Waals surface area (Å²) < 4.78 is 0. The summed E-state index contributed by atoms with van der Waals surface area (Å²) in [7, 11) is 0. The summed E-state index contributed by atoms with van der Waals surface area (Å²) in [5, 5.41) is 9.00. The van der Waals surface area contributed by atoms with Crippen molar-refractivity contribution in [2.24, 2.45) is 0 Å². The van der Waals surface area contributed by atoms with Crippen molar-refractivity contribution in [2.45, 2.75) is 25.0 Å². The molecule has 2 aromatic carbocycles. The number of thioether (sulfide) groups is 1. The van der Waals surface area contributed by atoms with Crippen LogP contribution in [0, 0.1) is 0 Å². The maximum atomic E-state index is 11.6. The lowest BCUT2D eigenvalue weighted by atomic mass is 10.0. The summed E-state index contributed by atoms with van der Waals surface area (Å²) in [5.41, 5.74) is 3.01. The number of benzene rings is 2. The Labute approximate surface area is 156 Å². The second-order valence-corrected chi connectivity index (χ2v) is 7.09. The van der Waals surface area contributed by atoms with Gasteiger partial charge in [0.05, 0.1) is 0 Å². The number of carbonyl (C=O) groups is 2. The molecule has 0 bridgehead atoms. The first kappa shape index (κ1) is 19.3. The molecule has 1 N–H and O–H groups in total. The van der Waals surface area contributed by atoms with Crippen LogP contribution in [0.4, 0.5) is 0 Å². The molecule has 2 aromatic rings. The van der Waals surface area contributed by atoms with Gasteiger partial charge in [-0.05, 0) is 43.0 Å². The summed E-state index contributed by atoms with van der Waals surface area (Å²) >= 11 is 7.06. The minimum atomic E-state index is -0.962. The topological polar surface area (TPSA) is 54.4 Å². The van der Waals surface area contributed by atoms with Crippen LogP contribution in [0.3, 0.4) is 0 Å². The number of aliphatic carboxylic acids is 1. The first-order valence-electron chi connectivity index (χ1n) is 7.91. The largest absolute Gasteiger partial charge is 0.480 e. The Bertz CT molecular complexity index is 769. The van der Waals surface area contributed by atoms with Gasteiger partial charge in [0.2, 0.25) is 5.12 Å². The molecule has 0 radical (unpaired) electrons. The summed E-state index contributed by atoms with van der Waals surface area (Å²) in [6, 6.07) is 15.5. The number of carbonyl (C=O) groups excluding carboxylic acids is 1. The number of halogens is 1. The molecule has 0 aliphatic rings. The van der Waals surface area contributed by atoms with E-state index in [0.29, 0.717) is 17.9 Å². The zero-order valence-electron chi connectivity index (χ0n) is 13.8. The molecule has 0 saturated carbocycles. The van der Waals surface area contributed by atoms with Crippen molar-refractivity contribution in [1.29, 1.82) is 0 Å². The van der Waals surface area contributed by atoms with Crippen LogP contribution in [0.15, 0.2) is 60.7 Å². The van der Waals surface area contributed by atoms with Crippen LogP contribution in [-0.4, -0.2) is 21.4 Å². The Balaban J connectivity index is 2.01. The van der Waals surface area contributed by atoms with Gasteiger partial charge >= 0.3 is 5.97 Å². The predicted octanol–water partition coefficient (Wildman–Crippen LogP) is 5.23. The quantitative estimate of drug-likeness (QED) is 0.674. The third-order valence-corrected chi connectivity index (χ3v) is 5.09. The second-order valence-electron chi connectivity index (χ2n) is 5.48. The first-order chi connectivity index (χ1) is 12.0. The van der Waals surface area contributed by atoms with Crippen molar-refractivity contribution in [2.75, 3.05) is 0 Å². The second kappa shape index (κ2) is 9.44. The fourth-order valence-corrected chi connectivity index (χ4v) is 3.47. The van der Waals surface area contributed by atoms with E-state index in [0.717, 1.165) is 28.5 Å². The molecule has 25 heavy (non-hydrogen) atoms. The normalized spacial score (nSPS) is 12.2. The maximum absolute atomic E-state index is 11.6. The Hall–Kier alpha value is -2.04. The number of allylic oxidation sites excluding steroid dienone is 1.